The van der Waals surface area contributed by atoms with Crippen LogP contribution in [0.5, 0.6) is 5.75 Å². The molecule has 0 aliphatic carbocycles. The number of likely N-dealkylation sites (N-methyl/N-ethyl adjacent to an activating group) is 1. The number of benzene rings is 1. The Morgan fingerprint density at radius 2 is 1.96 bits per heavy atom. The Morgan fingerprint density at radius 1 is 1.22 bits per heavy atom. The third kappa shape index (κ3) is 5.17. The van der Waals surface area contributed by atoms with Gasteiger partial charge in [0.2, 0.25) is 0 Å². The van der Waals surface area contributed by atoms with Crippen molar-refractivity contribution in [3.05, 3.63) is 29.8 Å². The van der Waals surface area contributed by atoms with Crippen molar-refractivity contribution in [1.29, 1.82) is 0 Å². The molecule has 1 aliphatic rings. The van der Waals surface area contributed by atoms with Crippen LogP contribution in [-0.4, -0.2) is 63.5 Å². The van der Waals surface area contributed by atoms with Crippen LogP contribution in [0.25, 0.3) is 0 Å². The van der Waals surface area contributed by atoms with Crippen LogP contribution in [0.2, 0.25) is 0 Å². The predicted octanol–water partition coefficient (Wildman–Crippen LogP) is 1.53. The van der Waals surface area contributed by atoms with E-state index in [0.29, 0.717) is 45.9 Å². The minimum atomic E-state index is -3.41. The molecular formula is C16H26N2O4S. The Morgan fingerprint density at radius 3 is 2.65 bits per heavy atom. The molecule has 0 radical (unpaired) electrons. The summed E-state index contributed by atoms with van der Waals surface area (Å²) in [5.41, 5.74) is 1.09. The van der Waals surface area contributed by atoms with E-state index in [1.165, 1.54) is 8.61 Å². The fourth-order valence-electron chi connectivity index (χ4n) is 2.47. The molecule has 0 unspecified atom stereocenters. The van der Waals surface area contributed by atoms with Crippen molar-refractivity contribution < 1.29 is 17.9 Å². The van der Waals surface area contributed by atoms with Gasteiger partial charge in [-0.05, 0) is 37.5 Å². The van der Waals surface area contributed by atoms with Crippen molar-refractivity contribution >= 4 is 10.2 Å². The van der Waals surface area contributed by atoms with Crippen molar-refractivity contribution in [3.63, 3.8) is 0 Å². The van der Waals surface area contributed by atoms with Crippen molar-refractivity contribution in [2.45, 2.75) is 19.8 Å². The Bertz CT molecular complexity index is 566. The zero-order valence-electron chi connectivity index (χ0n) is 13.9. The topological polar surface area (TPSA) is 59.1 Å². The van der Waals surface area contributed by atoms with Crippen LogP contribution in [0.1, 0.15) is 18.9 Å². The number of nitrogens with zero attached hydrogens (tertiary/aromatic N) is 2. The second-order valence-corrected chi connectivity index (χ2v) is 7.56. The van der Waals surface area contributed by atoms with Gasteiger partial charge in [-0.1, -0.05) is 12.1 Å². The normalized spacial score (nSPS) is 17.2. The Hall–Kier alpha value is -1.15. The molecule has 0 aromatic heterocycles. The molecule has 0 spiro atoms. The summed E-state index contributed by atoms with van der Waals surface area (Å²) in [6, 6.07) is 7.79. The first-order valence-electron chi connectivity index (χ1n) is 8.05. The van der Waals surface area contributed by atoms with E-state index < -0.39 is 10.2 Å². The molecule has 0 bridgehead atoms. The lowest BCUT2D eigenvalue weighted by atomic mass is 10.1. The van der Waals surface area contributed by atoms with Crippen LogP contribution in [0.15, 0.2) is 24.3 Å². The SMILES string of the molecule is CCOc1ccc(CCN(C)S(=O)(=O)N2CCCOCC2)cc1. The van der Waals surface area contributed by atoms with Gasteiger partial charge in [0.05, 0.1) is 13.2 Å². The van der Waals surface area contributed by atoms with E-state index >= 15 is 0 Å². The summed E-state index contributed by atoms with van der Waals surface area (Å²) in [7, 11) is -1.78. The molecule has 1 saturated heterocycles. The highest BCUT2D eigenvalue weighted by Gasteiger charge is 2.27. The van der Waals surface area contributed by atoms with E-state index in [2.05, 4.69) is 0 Å². The molecule has 2 rings (SSSR count). The van der Waals surface area contributed by atoms with E-state index in [4.69, 9.17) is 9.47 Å². The van der Waals surface area contributed by atoms with Crippen molar-refractivity contribution in [2.24, 2.45) is 0 Å². The Labute approximate surface area is 139 Å². The summed E-state index contributed by atoms with van der Waals surface area (Å²) in [6.45, 7) is 5.08. The monoisotopic (exact) mass is 342 g/mol. The quantitative estimate of drug-likeness (QED) is 0.754. The van der Waals surface area contributed by atoms with E-state index in [1.54, 1.807) is 7.05 Å². The summed E-state index contributed by atoms with van der Waals surface area (Å²) in [4.78, 5) is 0. The van der Waals surface area contributed by atoms with Gasteiger partial charge in [0.25, 0.3) is 10.2 Å². The van der Waals surface area contributed by atoms with Gasteiger partial charge in [-0.2, -0.15) is 17.0 Å². The number of rotatable bonds is 7. The first-order valence-corrected chi connectivity index (χ1v) is 9.44. The van der Waals surface area contributed by atoms with Crippen molar-refractivity contribution in [1.82, 2.24) is 8.61 Å². The molecular weight excluding hydrogens is 316 g/mol. The molecule has 23 heavy (non-hydrogen) atoms. The molecule has 6 nitrogen and oxygen atoms in total. The Kier molecular flexibility index (Phi) is 6.83. The largest absolute Gasteiger partial charge is 0.494 e. The van der Waals surface area contributed by atoms with Gasteiger partial charge in [0.15, 0.2) is 0 Å². The fourth-order valence-corrected chi connectivity index (χ4v) is 3.85. The maximum atomic E-state index is 12.6. The summed E-state index contributed by atoms with van der Waals surface area (Å²) in [5.74, 6) is 0.835. The van der Waals surface area contributed by atoms with E-state index in [9.17, 15) is 8.42 Å². The molecule has 130 valence electrons. The van der Waals surface area contributed by atoms with Crippen LogP contribution in [0, 0.1) is 0 Å². The zero-order chi connectivity index (χ0) is 16.7. The molecule has 1 aromatic rings. The summed E-state index contributed by atoms with van der Waals surface area (Å²) >= 11 is 0. The van der Waals surface area contributed by atoms with Gasteiger partial charge in [-0.25, -0.2) is 0 Å². The molecule has 7 heteroatoms. The van der Waals surface area contributed by atoms with E-state index in [1.807, 2.05) is 31.2 Å². The molecule has 1 fully saturated rings. The van der Waals surface area contributed by atoms with Gasteiger partial charge < -0.3 is 9.47 Å². The third-order valence-electron chi connectivity index (χ3n) is 3.85. The number of hydrogen-bond acceptors (Lipinski definition) is 4. The first-order chi connectivity index (χ1) is 11.0. The summed E-state index contributed by atoms with van der Waals surface area (Å²) < 4.78 is 38.8. The van der Waals surface area contributed by atoms with Crippen LogP contribution in [-0.2, 0) is 21.4 Å². The smallest absolute Gasteiger partial charge is 0.281 e. The maximum absolute atomic E-state index is 12.6. The highest BCUT2D eigenvalue weighted by atomic mass is 32.2. The lowest BCUT2D eigenvalue weighted by Crippen LogP contribution is -2.43. The predicted molar refractivity (Wildman–Crippen MR) is 89.9 cm³/mol. The molecule has 0 saturated carbocycles. The molecule has 1 aromatic carbocycles. The van der Waals surface area contributed by atoms with Gasteiger partial charge in [0, 0.05) is 33.3 Å². The van der Waals surface area contributed by atoms with Crippen LogP contribution in [0.3, 0.4) is 0 Å². The molecule has 0 atom stereocenters. The highest BCUT2D eigenvalue weighted by Crippen LogP contribution is 2.14. The number of ether oxygens (including phenoxy) is 2. The van der Waals surface area contributed by atoms with Crippen LogP contribution >= 0.6 is 0 Å². The zero-order valence-corrected chi connectivity index (χ0v) is 14.7. The summed E-state index contributed by atoms with van der Waals surface area (Å²) in [6.07, 6.45) is 1.42. The number of hydrogen-bond donors (Lipinski definition) is 0. The molecule has 1 heterocycles. The minimum Gasteiger partial charge on any atom is -0.494 e. The van der Waals surface area contributed by atoms with Gasteiger partial charge >= 0.3 is 0 Å². The lowest BCUT2D eigenvalue weighted by molar-refractivity contribution is 0.147. The fraction of sp³-hybridized carbons (Fsp3) is 0.625. The first kappa shape index (κ1) is 18.2. The van der Waals surface area contributed by atoms with Gasteiger partial charge in [0.1, 0.15) is 5.75 Å². The lowest BCUT2D eigenvalue weighted by Gasteiger charge is -2.26. The second kappa shape index (κ2) is 8.63. The summed E-state index contributed by atoms with van der Waals surface area (Å²) in [5, 5.41) is 0. The standard InChI is InChI=1S/C16H26N2O4S/c1-3-22-16-7-5-15(6-8-16)9-11-17(2)23(19,20)18-10-4-13-21-14-12-18/h5-8H,3-4,9-14H2,1-2H3. The van der Waals surface area contributed by atoms with Crippen molar-refractivity contribution in [2.75, 3.05) is 46.5 Å². The average molecular weight is 342 g/mol. The van der Waals surface area contributed by atoms with Gasteiger partial charge in [-0.3, -0.25) is 0 Å². The minimum absolute atomic E-state index is 0.426. The molecule has 1 aliphatic heterocycles. The van der Waals surface area contributed by atoms with Crippen LogP contribution in [0.4, 0.5) is 0 Å². The molecule has 0 N–H and O–H groups in total. The second-order valence-electron chi connectivity index (χ2n) is 5.52. The van der Waals surface area contributed by atoms with Crippen molar-refractivity contribution in [3.8, 4) is 5.75 Å². The maximum Gasteiger partial charge on any atom is 0.281 e. The van der Waals surface area contributed by atoms with E-state index in [-0.39, 0.29) is 0 Å². The average Bonchev–Trinajstić information content (AvgIpc) is 2.84. The van der Waals surface area contributed by atoms with Crippen LogP contribution < -0.4 is 4.74 Å². The van der Waals surface area contributed by atoms with E-state index in [0.717, 1.165) is 17.7 Å². The van der Waals surface area contributed by atoms with Gasteiger partial charge in [-0.15, -0.1) is 0 Å². The highest BCUT2D eigenvalue weighted by molar-refractivity contribution is 7.86. The molecule has 0 amide bonds. The Balaban J connectivity index is 1.90. The third-order valence-corrected chi connectivity index (χ3v) is 5.84.